The van der Waals surface area contributed by atoms with Gasteiger partial charge in [-0.05, 0) is 96.9 Å². The van der Waals surface area contributed by atoms with Gasteiger partial charge in [-0.2, -0.15) is 0 Å². The third-order valence-electron chi connectivity index (χ3n) is 9.87. The Bertz CT molecular complexity index is 2530. The number of hydroxylamine groups is 3. The number of aromatic nitrogens is 2. The van der Waals surface area contributed by atoms with Crippen molar-refractivity contribution in [1.82, 2.24) is 30.3 Å². The van der Waals surface area contributed by atoms with E-state index in [0.29, 0.717) is 15.1 Å². The summed E-state index contributed by atoms with van der Waals surface area (Å²) in [5.74, 6) is -5.68. The van der Waals surface area contributed by atoms with Crippen molar-refractivity contribution in [2.24, 2.45) is 16.2 Å². The Kier molecular flexibility index (Phi) is 17.1. The number of hydrogen-bond donors (Lipinski definition) is 1. The van der Waals surface area contributed by atoms with Crippen LogP contribution in [0.5, 0.6) is 0 Å². The summed E-state index contributed by atoms with van der Waals surface area (Å²) < 4.78 is 21.7. The standard InChI is InChI=1S/C23H30N4O9S.C23H32N4O8S/c1-13-24-14(10-37-13)17(18(30)35-27-15(28)8-9-16(27)29)25-36-23(19(31)33-21(2,3)4)11-26(12-23)20(32)34-22(5,6)7;1-13-24-15(10-36-13)17(16(28)8-14-9-32-26-18(14)29)25-35-23(19(30)33-21(2,3)4)11-27(12-23)20(31)34-22(5,6)7/h10H,8-9,11-12H2,1-7H3;10,14H,8-9,11-12H2,1-7H3,(H,26,29)/b2*25-17-/t;14-/m.0/s1. The van der Waals surface area contributed by atoms with Crippen molar-refractivity contribution in [2.75, 3.05) is 32.8 Å². The molecule has 4 aliphatic heterocycles. The van der Waals surface area contributed by atoms with Gasteiger partial charge in [-0.3, -0.25) is 33.8 Å². The normalized spacial score (nSPS) is 18.8. The van der Waals surface area contributed by atoms with Gasteiger partial charge in [0.1, 0.15) is 33.8 Å². The molecule has 5 amide bonds. The van der Waals surface area contributed by atoms with E-state index >= 15 is 0 Å². The summed E-state index contributed by atoms with van der Waals surface area (Å²) >= 11 is 2.51. The topological polar surface area (TPSA) is 300 Å². The monoisotopic (exact) mass is 1060 g/mol. The number of rotatable bonds is 13. The molecule has 0 spiro atoms. The summed E-state index contributed by atoms with van der Waals surface area (Å²) in [6, 6.07) is 0. The first-order valence-electron chi connectivity index (χ1n) is 22.9. The second-order valence-electron chi connectivity index (χ2n) is 21.3. The van der Waals surface area contributed by atoms with E-state index in [1.807, 2.05) is 0 Å². The van der Waals surface area contributed by atoms with Crippen molar-refractivity contribution >= 4 is 87.7 Å². The van der Waals surface area contributed by atoms with Gasteiger partial charge in [0.2, 0.25) is 11.6 Å². The molecule has 1 N–H and O–H groups in total. The van der Waals surface area contributed by atoms with Crippen LogP contribution in [0.1, 0.15) is 124 Å². The third-order valence-corrected chi connectivity index (χ3v) is 11.4. The number of thiazole rings is 2. The van der Waals surface area contributed by atoms with Crippen LogP contribution >= 0.6 is 22.7 Å². The average molecular weight is 1060 g/mol. The van der Waals surface area contributed by atoms with Gasteiger partial charge in [0.15, 0.2) is 11.5 Å². The fraction of sp³-hybridized carbons (Fsp3) is 0.630. The Balaban J connectivity index is 0.000000271. The van der Waals surface area contributed by atoms with Gasteiger partial charge < -0.3 is 33.5 Å². The molecule has 4 fully saturated rings. The molecule has 4 saturated heterocycles. The maximum atomic E-state index is 13.1. The number of imide groups is 1. The Morgan fingerprint density at radius 1 is 0.658 bits per heavy atom. The number of oxime groups is 2. The number of esters is 2. The lowest BCUT2D eigenvalue weighted by atomic mass is 9.94. The number of hydrogen-bond acceptors (Lipinski definition) is 23. The predicted molar refractivity (Wildman–Crippen MR) is 256 cm³/mol. The number of nitrogens with one attached hydrogen (secondary N) is 1. The van der Waals surface area contributed by atoms with Gasteiger partial charge in [0.05, 0.1) is 48.7 Å². The number of nitrogens with zero attached hydrogens (tertiary/aromatic N) is 7. The molecule has 27 heteroatoms. The lowest BCUT2D eigenvalue weighted by Crippen LogP contribution is -2.69. The van der Waals surface area contributed by atoms with Crippen LogP contribution in [0.15, 0.2) is 21.1 Å². The van der Waals surface area contributed by atoms with E-state index in [0.717, 1.165) is 0 Å². The lowest BCUT2D eigenvalue weighted by molar-refractivity contribution is -0.205. The van der Waals surface area contributed by atoms with Crippen molar-refractivity contribution < 1.29 is 81.4 Å². The maximum Gasteiger partial charge on any atom is 0.410 e. The van der Waals surface area contributed by atoms with E-state index in [1.54, 1.807) is 102 Å². The van der Waals surface area contributed by atoms with Gasteiger partial charge in [-0.25, -0.2) is 39.4 Å². The number of amides is 5. The summed E-state index contributed by atoms with van der Waals surface area (Å²) in [5, 5.41) is 12.7. The molecule has 73 heavy (non-hydrogen) atoms. The first-order valence-corrected chi connectivity index (χ1v) is 24.7. The van der Waals surface area contributed by atoms with E-state index in [2.05, 4.69) is 25.8 Å². The van der Waals surface area contributed by atoms with Crippen molar-refractivity contribution in [3.63, 3.8) is 0 Å². The van der Waals surface area contributed by atoms with Crippen LogP contribution in [-0.2, 0) is 71.9 Å². The van der Waals surface area contributed by atoms with Crippen molar-refractivity contribution in [3.05, 3.63) is 32.2 Å². The minimum Gasteiger partial charge on any atom is -0.457 e. The molecular weight excluding hydrogens is 1000 g/mol. The molecule has 0 aromatic carbocycles. The van der Waals surface area contributed by atoms with Crippen LogP contribution in [0.4, 0.5) is 9.59 Å². The van der Waals surface area contributed by atoms with Crippen LogP contribution in [0.25, 0.3) is 0 Å². The smallest absolute Gasteiger partial charge is 0.410 e. The molecule has 2 aromatic heterocycles. The predicted octanol–water partition coefficient (Wildman–Crippen LogP) is 4.25. The highest BCUT2D eigenvalue weighted by atomic mass is 32.1. The van der Waals surface area contributed by atoms with Gasteiger partial charge in [-0.1, -0.05) is 10.3 Å². The fourth-order valence-corrected chi connectivity index (χ4v) is 7.71. The molecule has 25 nitrogen and oxygen atoms in total. The zero-order chi connectivity index (χ0) is 54.6. The van der Waals surface area contributed by atoms with Gasteiger partial charge in [0.25, 0.3) is 23.0 Å². The van der Waals surface area contributed by atoms with Crippen LogP contribution in [0.3, 0.4) is 0 Å². The van der Waals surface area contributed by atoms with Crippen molar-refractivity contribution in [1.29, 1.82) is 0 Å². The van der Waals surface area contributed by atoms with Crippen LogP contribution in [0.2, 0.25) is 0 Å². The molecule has 4 aliphatic rings. The summed E-state index contributed by atoms with van der Waals surface area (Å²) in [4.78, 5) is 145. The lowest BCUT2D eigenvalue weighted by Gasteiger charge is -2.46. The summed E-state index contributed by atoms with van der Waals surface area (Å²) in [6.07, 6.45) is -1.65. The number of aryl methyl sites for hydroxylation is 2. The summed E-state index contributed by atoms with van der Waals surface area (Å²) in [6.45, 7) is 23.0. The minimum absolute atomic E-state index is 0.0432. The molecule has 0 saturated carbocycles. The van der Waals surface area contributed by atoms with Gasteiger partial charge >= 0.3 is 30.1 Å². The molecule has 1 atom stereocenters. The summed E-state index contributed by atoms with van der Waals surface area (Å²) in [5.41, 5.74) is -4.69. The van der Waals surface area contributed by atoms with Gasteiger partial charge in [0, 0.05) is 30.0 Å². The quantitative estimate of drug-likeness (QED) is 0.0964. The Morgan fingerprint density at radius 3 is 1.41 bits per heavy atom. The largest absolute Gasteiger partial charge is 0.457 e. The van der Waals surface area contributed by atoms with Crippen LogP contribution < -0.4 is 5.48 Å². The summed E-state index contributed by atoms with van der Waals surface area (Å²) in [7, 11) is 0. The highest BCUT2D eigenvalue weighted by Gasteiger charge is 2.59. The number of carbonyl (C=O) groups excluding carboxylic acids is 9. The van der Waals surface area contributed by atoms with Crippen LogP contribution in [0, 0.1) is 19.8 Å². The second kappa shape index (κ2) is 21.9. The molecule has 2 aromatic rings. The zero-order valence-corrected chi connectivity index (χ0v) is 44.9. The van der Waals surface area contributed by atoms with E-state index in [4.69, 9.17) is 38.3 Å². The third kappa shape index (κ3) is 15.5. The van der Waals surface area contributed by atoms with Gasteiger partial charge in [-0.15, -0.1) is 27.7 Å². The number of Topliss-reactive ketones (excluding diaryl/α,β-unsaturated/α-hetero) is 1. The molecule has 6 rings (SSSR count). The Hall–Kier alpha value is -6.61. The molecule has 0 radical (unpaired) electrons. The Labute approximate surface area is 429 Å². The highest BCUT2D eigenvalue weighted by Crippen LogP contribution is 2.33. The average Bonchev–Trinajstić information content (AvgIpc) is 4.00. The van der Waals surface area contributed by atoms with Crippen molar-refractivity contribution in [2.45, 2.75) is 150 Å². The molecule has 0 bridgehead atoms. The zero-order valence-electron chi connectivity index (χ0n) is 43.3. The minimum atomic E-state index is -1.75. The molecule has 6 heterocycles. The molecule has 400 valence electrons. The number of ether oxygens (including phenoxy) is 4. The van der Waals surface area contributed by atoms with E-state index in [1.165, 1.54) is 37.9 Å². The maximum absolute atomic E-state index is 13.1. The molecule has 0 unspecified atom stereocenters. The number of likely N-dealkylation sites (tertiary alicyclic amines) is 2. The van der Waals surface area contributed by atoms with Crippen LogP contribution in [-0.4, -0.2) is 156 Å². The molecule has 0 aliphatic carbocycles. The number of ketones is 1. The fourth-order valence-electron chi connectivity index (χ4n) is 6.51. The van der Waals surface area contributed by atoms with E-state index in [9.17, 15) is 43.2 Å². The second-order valence-corrected chi connectivity index (χ2v) is 23.4. The highest BCUT2D eigenvalue weighted by molar-refractivity contribution is 7.10. The van der Waals surface area contributed by atoms with Crippen molar-refractivity contribution in [3.8, 4) is 0 Å². The Morgan fingerprint density at radius 2 is 1.05 bits per heavy atom. The number of carbonyl (C=O) groups is 9. The van der Waals surface area contributed by atoms with E-state index < -0.39 is 98.8 Å². The molecular formula is C46H62N8O17S2. The SMILES string of the molecule is Cc1nc(/C(=N/OC2(C(=O)OC(C)(C)C)CN(C(=O)OC(C)(C)C)C2)C(=O)C[C@H]2CONC2=O)cs1.Cc1nc(/C(=N/OC2(C(=O)OC(C)(C)C)CN(C(=O)OC(C)(C)C)C2)C(=O)ON2C(=O)CCC2=O)cs1. The first kappa shape index (κ1) is 57.3. The van der Waals surface area contributed by atoms with E-state index in [-0.39, 0.29) is 69.1 Å². The first-order chi connectivity index (χ1) is 33.6.